The fourth-order valence-electron chi connectivity index (χ4n) is 7.53. The zero-order valence-corrected chi connectivity index (χ0v) is 15.8. The third-order valence-corrected chi connectivity index (χ3v) is 8.26. The monoisotopic (exact) mass is 350 g/mol. The molecular weight excluding hydrogens is 320 g/mol. The first kappa shape index (κ1) is 15.7. The van der Waals surface area contributed by atoms with Crippen molar-refractivity contribution in [2.45, 2.75) is 83.5 Å². The van der Waals surface area contributed by atoms with E-state index in [1.807, 2.05) is 0 Å². The SMILES string of the molecule is O=C(Nc1c2c(nc3c1CCC3)CCCC2)C12CC3CC(CC(C3)C1)C2. The molecule has 1 amide bonds. The molecule has 1 heterocycles. The number of rotatable bonds is 2. The van der Waals surface area contributed by atoms with E-state index in [0.29, 0.717) is 5.91 Å². The van der Waals surface area contributed by atoms with E-state index in [4.69, 9.17) is 4.98 Å². The highest BCUT2D eigenvalue weighted by Crippen LogP contribution is 2.60. The van der Waals surface area contributed by atoms with Crippen LogP contribution in [-0.4, -0.2) is 10.9 Å². The van der Waals surface area contributed by atoms with Gasteiger partial charge in [-0.2, -0.15) is 0 Å². The number of nitrogens with zero attached hydrogens (tertiary/aromatic N) is 1. The van der Waals surface area contributed by atoms with Crippen molar-refractivity contribution < 1.29 is 4.79 Å². The van der Waals surface area contributed by atoms with Gasteiger partial charge in [-0.15, -0.1) is 0 Å². The molecule has 0 atom stereocenters. The van der Waals surface area contributed by atoms with E-state index in [1.54, 1.807) is 0 Å². The van der Waals surface area contributed by atoms with Gasteiger partial charge in [0.1, 0.15) is 0 Å². The molecule has 4 bridgehead atoms. The topological polar surface area (TPSA) is 42.0 Å². The second-order valence-electron chi connectivity index (χ2n) is 10.0. The molecule has 3 nitrogen and oxygen atoms in total. The summed E-state index contributed by atoms with van der Waals surface area (Å²) in [6.45, 7) is 0. The lowest BCUT2D eigenvalue weighted by Gasteiger charge is -2.55. The van der Waals surface area contributed by atoms with E-state index < -0.39 is 0 Å². The number of hydrogen-bond acceptors (Lipinski definition) is 2. The van der Waals surface area contributed by atoms with E-state index in [2.05, 4.69) is 5.32 Å². The molecule has 3 heteroatoms. The highest BCUT2D eigenvalue weighted by molar-refractivity contribution is 5.97. The fraction of sp³-hybridized carbons (Fsp3) is 0.739. The van der Waals surface area contributed by atoms with Gasteiger partial charge < -0.3 is 5.32 Å². The molecule has 6 aliphatic rings. The molecule has 0 unspecified atom stereocenters. The van der Waals surface area contributed by atoms with Crippen molar-refractivity contribution >= 4 is 11.6 Å². The first-order valence-corrected chi connectivity index (χ1v) is 11.1. The van der Waals surface area contributed by atoms with Crippen LogP contribution in [0.4, 0.5) is 5.69 Å². The predicted molar refractivity (Wildman–Crippen MR) is 102 cm³/mol. The van der Waals surface area contributed by atoms with Crippen LogP contribution in [0.2, 0.25) is 0 Å². The number of carbonyl (C=O) groups is 1. The molecule has 1 aromatic heterocycles. The molecule has 6 aliphatic carbocycles. The first-order valence-electron chi connectivity index (χ1n) is 11.1. The van der Waals surface area contributed by atoms with E-state index in [1.165, 1.54) is 66.7 Å². The normalized spacial score (nSPS) is 36.7. The van der Waals surface area contributed by atoms with Crippen LogP contribution in [0.15, 0.2) is 0 Å². The number of aryl methyl sites for hydroxylation is 2. The molecule has 4 saturated carbocycles. The average molecular weight is 351 g/mol. The Balaban J connectivity index is 1.36. The minimum absolute atomic E-state index is 0.0505. The minimum Gasteiger partial charge on any atom is -0.325 e. The van der Waals surface area contributed by atoms with E-state index in [-0.39, 0.29) is 5.41 Å². The van der Waals surface area contributed by atoms with Gasteiger partial charge in [-0.25, -0.2) is 0 Å². The van der Waals surface area contributed by atoms with Crippen molar-refractivity contribution in [2.24, 2.45) is 23.2 Å². The molecule has 26 heavy (non-hydrogen) atoms. The molecule has 4 fully saturated rings. The van der Waals surface area contributed by atoms with Crippen LogP contribution >= 0.6 is 0 Å². The fourth-order valence-corrected chi connectivity index (χ4v) is 7.53. The maximum atomic E-state index is 13.6. The highest BCUT2D eigenvalue weighted by atomic mass is 16.2. The number of aromatic nitrogens is 1. The van der Waals surface area contributed by atoms with Crippen molar-refractivity contribution in [3.05, 3.63) is 22.5 Å². The Labute approximate surface area is 156 Å². The standard InChI is InChI=1S/C23H30N2O/c26-22(23-11-14-8-15(12-23)10-16(9-14)13-23)25-21-17-4-1-2-6-19(17)24-20-7-3-5-18(20)21/h14-16H,1-13H2,(H,24,25,26). The Hall–Kier alpha value is -1.38. The lowest BCUT2D eigenvalue weighted by atomic mass is 9.49. The maximum Gasteiger partial charge on any atom is 0.230 e. The van der Waals surface area contributed by atoms with Gasteiger partial charge in [0.2, 0.25) is 5.91 Å². The summed E-state index contributed by atoms with van der Waals surface area (Å²) < 4.78 is 0. The first-order chi connectivity index (χ1) is 12.7. The van der Waals surface area contributed by atoms with Crippen molar-refractivity contribution in [2.75, 3.05) is 5.32 Å². The number of nitrogens with one attached hydrogen (secondary N) is 1. The number of anilines is 1. The van der Waals surface area contributed by atoms with Crippen molar-refractivity contribution in [1.29, 1.82) is 0 Å². The zero-order chi connectivity index (χ0) is 17.3. The quantitative estimate of drug-likeness (QED) is 0.847. The van der Waals surface area contributed by atoms with Crippen LogP contribution in [0.5, 0.6) is 0 Å². The molecular formula is C23H30N2O. The lowest BCUT2D eigenvalue weighted by Crippen LogP contribution is -2.52. The van der Waals surface area contributed by atoms with Crippen LogP contribution in [0.3, 0.4) is 0 Å². The molecule has 0 aromatic carbocycles. The van der Waals surface area contributed by atoms with Crippen molar-refractivity contribution in [1.82, 2.24) is 4.98 Å². The Bertz CT molecular complexity index is 746. The third-order valence-electron chi connectivity index (χ3n) is 8.26. The van der Waals surface area contributed by atoms with Crippen LogP contribution in [0, 0.1) is 23.2 Å². The van der Waals surface area contributed by atoms with Gasteiger partial charge in [0.05, 0.1) is 11.1 Å². The van der Waals surface area contributed by atoms with Gasteiger partial charge in [-0.05, 0) is 112 Å². The van der Waals surface area contributed by atoms with Gasteiger partial charge in [0.15, 0.2) is 0 Å². The number of fused-ring (bicyclic) bond motifs is 2. The summed E-state index contributed by atoms with van der Waals surface area (Å²) in [4.78, 5) is 18.6. The lowest BCUT2D eigenvalue weighted by molar-refractivity contribution is -0.140. The summed E-state index contributed by atoms with van der Waals surface area (Å²) in [5.74, 6) is 2.84. The van der Waals surface area contributed by atoms with Crippen LogP contribution in [0.1, 0.15) is 80.3 Å². The Morgan fingerprint density at radius 3 is 2.00 bits per heavy atom. The van der Waals surface area contributed by atoms with Gasteiger partial charge in [0, 0.05) is 11.4 Å². The maximum absolute atomic E-state index is 13.6. The number of carbonyl (C=O) groups excluding carboxylic acids is 1. The second-order valence-corrected chi connectivity index (χ2v) is 10.0. The van der Waals surface area contributed by atoms with E-state index >= 15 is 0 Å². The van der Waals surface area contributed by atoms with Crippen molar-refractivity contribution in [3.8, 4) is 0 Å². The number of pyridine rings is 1. The van der Waals surface area contributed by atoms with Crippen LogP contribution in [0.25, 0.3) is 0 Å². The summed E-state index contributed by atoms with van der Waals surface area (Å²) in [7, 11) is 0. The molecule has 0 spiro atoms. The van der Waals surface area contributed by atoms with Gasteiger partial charge in [0.25, 0.3) is 0 Å². The molecule has 7 rings (SSSR count). The number of hydrogen-bond donors (Lipinski definition) is 1. The number of amides is 1. The Morgan fingerprint density at radius 1 is 0.808 bits per heavy atom. The van der Waals surface area contributed by atoms with Gasteiger partial charge in [-0.1, -0.05) is 0 Å². The third kappa shape index (κ3) is 2.25. The predicted octanol–water partition coefficient (Wildman–Crippen LogP) is 4.60. The zero-order valence-electron chi connectivity index (χ0n) is 15.8. The average Bonchev–Trinajstić information content (AvgIpc) is 3.08. The molecule has 0 radical (unpaired) electrons. The van der Waals surface area contributed by atoms with Gasteiger partial charge >= 0.3 is 0 Å². The minimum atomic E-state index is -0.0505. The van der Waals surface area contributed by atoms with E-state index in [0.717, 1.165) is 62.7 Å². The molecule has 1 N–H and O–H groups in total. The summed E-state index contributed by atoms with van der Waals surface area (Å²) in [5, 5.41) is 3.55. The molecule has 138 valence electrons. The molecule has 1 aromatic rings. The summed E-state index contributed by atoms with van der Waals surface area (Å²) in [5.41, 5.74) is 6.50. The Morgan fingerprint density at radius 2 is 1.35 bits per heavy atom. The van der Waals surface area contributed by atoms with Crippen molar-refractivity contribution in [3.63, 3.8) is 0 Å². The van der Waals surface area contributed by atoms with Crippen LogP contribution < -0.4 is 5.32 Å². The smallest absolute Gasteiger partial charge is 0.230 e. The Kier molecular flexibility index (Phi) is 3.35. The van der Waals surface area contributed by atoms with E-state index in [9.17, 15) is 4.79 Å². The summed E-state index contributed by atoms with van der Waals surface area (Å²) in [6.07, 6.45) is 15.7. The second kappa shape index (κ2) is 5.56. The van der Waals surface area contributed by atoms with Crippen LogP contribution in [-0.2, 0) is 30.5 Å². The molecule has 0 aliphatic heterocycles. The highest BCUT2D eigenvalue weighted by Gasteiger charge is 2.54. The molecule has 0 saturated heterocycles. The van der Waals surface area contributed by atoms with Gasteiger partial charge in [-0.3, -0.25) is 9.78 Å². The summed E-state index contributed by atoms with van der Waals surface area (Å²) >= 11 is 0. The summed E-state index contributed by atoms with van der Waals surface area (Å²) in [6, 6.07) is 0. The largest absolute Gasteiger partial charge is 0.325 e.